The molecule has 3 rings (SSSR count). The second-order valence-corrected chi connectivity index (χ2v) is 7.75. The van der Waals surface area contributed by atoms with Crippen LogP contribution >= 0.6 is 11.8 Å². The van der Waals surface area contributed by atoms with Crippen molar-refractivity contribution in [2.24, 2.45) is 0 Å². The normalized spacial score (nSPS) is 10.4. The molecule has 1 N–H and O–H groups in total. The molecular formula is C24H23NO7S. The third-order valence-corrected chi connectivity index (χ3v) is 5.47. The third kappa shape index (κ3) is 6.88. The number of Topliss-reactive ketones (excluding diaryl/α,β-unsaturated/α-hetero) is 1. The van der Waals surface area contributed by atoms with Crippen molar-refractivity contribution in [2.75, 3.05) is 31.9 Å². The molecule has 0 bridgehead atoms. The first-order chi connectivity index (χ1) is 16.0. The number of anilines is 1. The number of carbonyl (C=O) groups excluding carboxylic acids is 3. The monoisotopic (exact) mass is 469 g/mol. The SMILES string of the molecule is COc1ccc(C(=O)COC(=O)c2ccc(OC)c(NC(=O)CSCc3ccco3)c2)cc1. The molecule has 33 heavy (non-hydrogen) atoms. The van der Waals surface area contributed by atoms with Crippen molar-refractivity contribution in [1.29, 1.82) is 0 Å². The van der Waals surface area contributed by atoms with E-state index in [0.717, 1.165) is 5.76 Å². The molecule has 0 aliphatic rings. The van der Waals surface area contributed by atoms with Crippen LogP contribution in [0.1, 0.15) is 26.5 Å². The van der Waals surface area contributed by atoms with Gasteiger partial charge in [0.1, 0.15) is 17.3 Å². The summed E-state index contributed by atoms with van der Waals surface area (Å²) in [4.78, 5) is 37.1. The van der Waals surface area contributed by atoms with Crippen LogP contribution in [0.3, 0.4) is 0 Å². The van der Waals surface area contributed by atoms with Gasteiger partial charge in [-0.2, -0.15) is 0 Å². The smallest absolute Gasteiger partial charge is 0.338 e. The first kappa shape index (κ1) is 23.9. The molecule has 3 aromatic rings. The van der Waals surface area contributed by atoms with Crippen LogP contribution in [-0.2, 0) is 15.3 Å². The number of hydrogen-bond donors (Lipinski definition) is 1. The van der Waals surface area contributed by atoms with E-state index in [9.17, 15) is 14.4 Å². The number of nitrogens with one attached hydrogen (secondary N) is 1. The van der Waals surface area contributed by atoms with Gasteiger partial charge in [0.2, 0.25) is 5.91 Å². The van der Waals surface area contributed by atoms with Gasteiger partial charge in [0, 0.05) is 5.56 Å². The lowest BCUT2D eigenvalue weighted by molar-refractivity contribution is -0.113. The second-order valence-electron chi connectivity index (χ2n) is 6.76. The van der Waals surface area contributed by atoms with Gasteiger partial charge in [-0.05, 0) is 54.6 Å². The highest BCUT2D eigenvalue weighted by molar-refractivity contribution is 7.99. The van der Waals surface area contributed by atoms with Crippen molar-refractivity contribution in [2.45, 2.75) is 5.75 Å². The highest BCUT2D eigenvalue weighted by atomic mass is 32.2. The molecule has 0 saturated heterocycles. The first-order valence-corrected chi connectivity index (χ1v) is 11.1. The summed E-state index contributed by atoms with van der Waals surface area (Å²) in [7, 11) is 2.99. The molecule has 0 fully saturated rings. The van der Waals surface area contributed by atoms with Gasteiger partial charge in [-0.15, -0.1) is 11.8 Å². The minimum absolute atomic E-state index is 0.178. The summed E-state index contributed by atoms with van der Waals surface area (Å²) < 4.78 is 20.7. The maximum absolute atomic E-state index is 12.5. The quantitative estimate of drug-likeness (QED) is 0.329. The van der Waals surface area contributed by atoms with Gasteiger partial charge < -0.3 is 23.9 Å². The zero-order valence-corrected chi connectivity index (χ0v) is 19.0. The number of rotatable bonds is 11. The molecular weight excluding hydrogens is 446 g/mol. The number of furan rings is 1. The van der Waals surface area contributed by atoms with Gasteiger partial charge in [-0.25, -0.2) is 4.79 Å². The van der Waals surface area contributed by atoms with Crippen molar-refractivity contribution < 1.29 is 33.0 Å². The van der Waals surface area contributed by atoms with E-state index >= 15 is 0 Å². The Balaban J connectivity index is 1.57. The van der Waals surface area contributed by atoms with Gasteiger partial charge in [-0.1, -0.05) is 0 Å². The molecule has 0 spiro atoms. The summed E-state index contributed by atoms with van der Waals surface area (Å²) in [6.45, 7) is -0.414. The summed E-state index contributed by atoms with van der Waals surface area (Å²) in [5.74, 6) is 1.25. The van der Waals surface area contributed by atoms with Gasteiger partial charge in [0.25, 0.3) is 0 Å². The Labute approximate surface area is 195 Å². The molecule has 0 atom stereocenters. The Morgan fingerprint density at radius 1 is 0.970 bits per heavy atom. The number of thioether (sulfide) groups is 1. The maximum Gasteiger partial charge on any atom is 0.338 e. The molecule has 8 nitrogen and oxygen atoms in total. The van der Waals surface area contributed by atoms with Crippen LogP contribution in [0, 0.1) is 0 Å². The van der Waals surface area contributed by atoms with E-state index in [1.54, 1.807) is 42.7 Å². The molecule has 1 aromatic heterocycles. The average Bonchev–Trinajstić information content (AvgIpc) is 3.36. The van der Waals surface area contributed by atoms with Crippen molar-refractivity contribution >= 4 is 35.1 Å². The molecule has 0 unspecified atom stereocenters. The molecule has 172 valence electrons. The first-order valence-electron chi connectivity index (χ1n) is 9.92. The number of ether oxygens (including phenoxy) is 3. The summed E-state index contributed by atoms with van der Waals surface area (Å²) in [5.41, 5.74) is 0.909. The average molecular weight is 470 g/mol. The summed E-state index contributed by atoms with van der Waals surface area (Å²) >= 11 is 1.39. The van der Waals surface area contributed by atoms with Crippen LogP contribution < -0.4 is 14.8 Å². The van der Waals surface area contributed by atoms with Crippen LogP contribution in [0.4, 0.5) is 5.69 Å². The third-order valence-electron chi connectivity index (χ3n) is 4.51. The fourth-order valence-corrected chi connectivity index (χ4v) is 3.56. The Hall–Kier alpha value is -3.72. The van der Waals surface area contributed by atoms with E-state index < -0.39 is 12.6 Å². The molecule has 0 saturated carbocycles. The zero-order chi connectivity index (χ0) is 23.6. The van der Waals surface area contributed by atoms with E-state index in [-0.39, 0.29) is 23.0 Å². The molecule has 9 heteroatoms. The number of methoxy groups -OCH3 is 2. The highest BCUT2D eigenvalue weighted by Gasteiger charge is 2.16. The van der Waals surface area contributed by atoms with Gasteiger partial charge in [0.15, 0.2) is 12.4 Å². The van der Waals surface area contributed by atoms with E-state index in [2.05, 4.69) is 5.32 Å². The predicted molar refractivity (Wildman–Crippen MR) is 124 cm³/mol. The molecule has 1 amide bonds. The Kier molecular flexibility index (Phi) is 8.54. The number of esters is 1. The van der Waals surface area contributed by atoms with Gasteiger partial charge in [-0.3, -0.25) is 9.59 Å². The van der Waals surface area contributed by atoms with Crippen LogP contribution in [0.5, 0.6) is 11.5 Å². The molecule has 0 radical (unpaired) electrons. The van der Waals surface area contributed by atoms with Gasteiger partial charge in [0.05, 0.1) is 43.2 Å². The lowest BCUT2D eigenvalue weighted by Crippen LogP contribution is -2.17. The van der Waals surface area contributed by atoms with Crippen molar-refractivity contribution in [3.8, 4) is 11.5 Å². The molecule has 1 heterocycles. The molecule has 0 aliphatic carbocycles. The fourth-order valence-electron chi connectivity index (χ4n) is 2.83. The summed E-state index contributed by atoms with van der Waals surface area (Å²) in [6.07, 6.45) is 1.58. The minimum Gasteiger partial charge on any atom is -0.497 e. The van der Waals surface area contributed by atoms with Crippen molar-refractivity contribution in [3.63, 3.8) is 0 Å². The predicted octanol–water partition coefficient (Wildman–Crippen LogP) is 4.21. The van der Waals surface area contributed by atoms with Crippen LogP contribution in [0.15, 0.2) is 65.3 Å². The second kappa shape index (κ2) is 11.8. The lowest BCUT2D eigenvalue weighted by atomic mass is 10.1. The van der Waals surface area contributed by atoms with E-state index in [0.29, 0.717) is 28.5 Å². The molecule has 2 aromatic carbocycles. The summed E-state index contributed by atoms with van der Waals surface area (Å²) in [6, 6.07) is 14.6. The Morgan fingerprint density at radius 2 is 1.73 bits per heavy atom. The highest BCUT2D eigenvalue weighted by Crippen LogP contribution is 2.26. The maximum atomic E-state index is 12.5. The fraction of sp³-hybridized carbons (Fsp3) is 0.208. The number of hydrogen-bond acceptors (Lipinski definition) is 8. The largest absolute Gasteiger partial charge is 0.497 e. The number of carbonyl (C=O) groups is 3. The Morgan fingerprint density at radius 3 is 2.39 bits per heavy atom. The van der Waals surface area contributed by atoms with Crippen LogP contribution in [-0.4, -0.2) is 44.2 Å². The van der Waals surface area contributed by atoms with E-state index in [1.807, 2.05) is 6.07 Å². The van der Waals surface area contributed by atoms with Gasteiger partial charge >= 0.3 is 5.97 Å². The molecule has 0 aliphatic heterocycles. The zero-order valence-electron chi connectivity index (χ0n) is 18.2. The minimum atomic E-state index is -0.692. The topological polar surface area (TPSA) is 104 Å². The van der Waals surface area contributed by atoms with Crippen molar-refractivity contribution in [1.82, 2.24) is 0 Å². The Bertz CT molecular complexity index is 1090. The van der Waals surface area contributed by atoms with Crippen molar-refractivity contribution in [3.05, 3.63) is 77.7 Å². The number of amides is 1. The number of benzene rings is 2. The standard InChI is InChI=1S/C24H23NO7S/c1-29-18-8-5-16(6-9-18)21(26)13-32-24(28)17-7-10-22(30-2)20(12-17)25-23(27)15-33-14-19-4-3-11-31-19/h3-12H,13-15H2,1-2H3,(H,25,27). The van der Waals surface area contributed by atoms with Crippen LogP contribution in [0.25, 0.3) is 0 Å². The number of ketones is 1. The summed E-state index contributed by atoms with van der Waals surface area (Å²) in [5, 5.41) is 2.74. The van der Waals surface area contributed by atoms with E-state index in [4.69, 9.17) is 18.6 Å². The van der Waals surface area contributed by atoms with E-state index in [1.165, 1.54) is 38.1 Å². The van der Waals surface area contributed by atoms with Crippen LogP contribution in [0.2, 0.25) is 0 Å². The lowest BCUT2D eigenvalue weighted by Gasteiger charge is -2.12.